The quantitative estimate of drug-likeness (QED) is 0.225. The topological polar surface area (TPSA) is 63.6 Å². The fourth-order valence-corrected chi connectivity index (χ4v) is 6.75. The molecule has 0 unspecified atom stereocenters. The standard InChI is InChI=1S/C29H48O4/c1-4-5-6-7-8-9-10-11-12-13-14-15-16-17-24-23-19-18-22(2)29(32)21-20-25(30)28(29,3)26(23)33-27(24)31/h20-24,26,32H,4-19H2,1-3H3/t22-,23-,24+,26+,28-,29+/m0/s1. The first-order valence-corrected chi connectivity index (χ1v) is 14.0. The molecule has 1 aliphatic heterocycles. The molecule has 0 aromatic heterocycles. The van der Waals surface area contributed by atoms with Crippen molar-refractivity contribution < 1.29 is 19.4 Å². The molecule has 1 saturated carbocycles. The molecule has 188 valence electrons. The molecule has 2 fully saturated rings. The van der Waals surface area contributed by atoms with Gasteiger partial charge < -0.3 is 9.84 Å². The van der Waals surface area contributed by atoms with Crippen LogP contribution in [0.2, 0.25) is 0 Å². The van der Waals surface area contributed by atoms with Gasteiger partial charge in [0.2, 0.25) is 0 Å². The zero-order valence-electron chi connectivity index (χ0n) is 21.4. The second kappa shape index (κ2) is 12.0. The van der Waals surface area contributed by atoms with Crippen LogP contribution in [-0.4, -0.2) is 28.6 Å². The molecule has 4 heteroatoms. The Bertz CT molecular complexity index is 685. The molecule has 0 radical (unpaired) electrons. The fraction of sp³-hybridized carbons (Fsp3) is 0.862. The highest BCUT2D eigenvalue weighted by Gasteiger charge is 2.67. The number of unbranched alkanes of at least 4 members (excludes halogenated alkanes) is 12. The van der Waals surface area contributed by atoms with Gasteiger partial charge >= 0.3 is 5.97 Å². The van der Waals surface area contributed by atoms with Crippen LogP contribution in [0.3, 0.4) is 0 Å². The third-order valence-corrected chi connectivity index (χ3v) is 9.16. The lowest BCUT2D eigenvalue weighted by atomic mass is 9.64. The monoisotopic (exact) mass is 460 g/mol. The summed E-state index contributed by atoms with van der Waals surface area (Å²) in [7, 11) is 0. The van der Waals surface area contributed by atoms with Crippen molar-refractivity contribution in [2.24, 2.45) is 23.2 Å². The van der Waals surface area contributed by atoms with Gasteiger partial charge in [0, 0.05) is 5.92 Å². The van der Waals surface area contributed by atoms with Crippen LogP contribution in [0.1, 0.15) is 124 Å². The number of rotatable bonds is 14. The lowest BCUT2D eigenvalue weighted by molar-refractivity contribution is -0.166. The predicted octanol–water partition coefficient (Wildman–Crippen LogP) is 6.93. The molecule has 1 saturated heterocycles. The van der Waals surface area contributed by atoms with E-state index in [1.807, 2.05) is 13.8 Å². The van der Waals surface area contributed by atoms with Crippen LogP contribution in [0, 0.1) is 23.2 Å². The molecule has 0 amide bonds. The first kappa shape index (κ1) is 26.4. The number of allylic oxidation sites excluding steroid dienone is 1. The summed E-state index contributed by atoms with van der Waals surface area (Å²) in [5.41, 5.74) is -2.26. The maximum absolute atomic E-state index is 12.8. The normalized spacial score (nSPS) is 35.4. The maximum Gasteiger partial charge on any atom is 0.309 e. The van der Waals surface area contributed by atoms with Crippen LogP contribution in [0.15, 0.2) is 12.2 Å². The average Bonchev–Trinajstić information content (AvgIpc) is 3.22. The van der Waals surface area contributed by atoms with Crippen LogP contribution in [0.4, 0.5) is 0 Å². The molecule has 0 bridgehead atoms. The van der Waals surface area contributed by atoms with Crippen molar-refractivity contribution in [2.45, 2.75) is 135 Å². The lowest BCUT2D eigenvalue weighted by Crippen LogP contribution is -2.56. The summed E-state index contributed by atoms with van der Waals surface area (Å²) in [4.78, 5) is 25.6. The second-order valence-corrected chi connectivity index (χ2v) is 11.4. The third-order valence-electron chi connectivity index (χ3n) is 9.16. The summed E-state index contributed by atoms with van der Waals surface area (Å²) in [6.07, 6.45) is 22.3. The summed E-state index contributed by atoms with van der Waals surface area (Å²) in [5.74, 6) is -0.348. The van der Waals surface area contributed by atoms with Gasteiger partial charge in [-0.2, -0.15) is 0 Å². The van der Waals surface area contributed by atoms with E-state index in [0.717, 1.165) is 32.1 Å². The Balaban J connectivity index is 1.36. The second-order valence-electron chi connectivity index (χ2n) is 11.4. The van der Waals surface area contributed by atoms with Gasteiger partial charge in [-0.05, 0) is 44.3 Å². The summed E-state index contributed by atoms with van der Waals surface area (Å²) in [5, 5.41) is 11.4. The first-order chi connectivity index (χ1) is 15.9. The fourth-order valence-electron chi connectivity index (χ4n) is 6.75. The third kappa shape index (κ3) is 5.57. The van der Waals surface area contributed by atoms with Gasteiger partial charge in [-0.15, -0.1) is 0 Å². The number of esters is 1. The highest BCUT2D eigenvalue weighted by Crippen LogP contribution is 2.57. The van der Waals surface area contributed by atoms with Gasteiger partial charge in [0.25, 0.3) is 0 Å². The van der Waals surface area contributed by atoms with Crippen molar-refractivity contribution in [3.63, 3.8) is 0 Å². The smallest absolute Gasteiger partial charge is 0.309 e. The molecule has 0 aromatic carbocycles. The minimum atomic E-state index is -1.21. The molecule has 6 atom stereocenters. The maximum atomic E-state index is 12.8. The van der Waals surface area contributed by atoms with Crippen LogP contribution in [-0.2, 0) is 14.3 Å². The Labute approximate surface area is 201 Å². The van der Waals surface area contributed by atoms with E-state index in [2.05, 4.69) is 6.92 Å². The van der Waals surface area contributed by atoms with E-state index in [9.17, 15) is 14.7 Å². The number of carbonyl (C=O) groups excluding carboxylic acids is 2. The Kier molecular flexibility index (Phi) is 9.62. The van der Waals surface area contributed by atoms with Gasteiger partial charge in [-0.3, -0.25) is 9.59 Å². The number of aliphatic hydroxyl groups is 1. The van der Waals surface area contributed by atoms with Crippen molar-refractivity contribution in [1.29, 1.82) is 0 Å². The zero-order chi connectivity index (χ0) is 23.9. The minimum Gasteiger partial charge on any atom is -0.461 e. The summed E-state index contributed by atoms with van der Waals surface area (Å²) in [6, 6.07) is 0. The van der Waals surface area contributed by atoms with Crippen molar-refractivity contribution in [3.05, 3.63) is 12.2 Å². The highest BCUT2D eigenvalue weighted by atomic mass is 16.6. The van der Waals surface area contributed by atoms with E-state index in [1.165, 1.54) is 76.7 Å². The molecule has 0 spiro atoms. The molecule has 3 rings (SSSR count). The molecule has 33 heavy (non-hydrogen) atoms. The summed E-state index contributed by atoms with van der Waals surface area (Å²) < 4.78 is 5.86. The van der Waals surface area contributed by atoms with Crippen molar-refractivity contribution >= 4 is 11.8 Å². The summed E-state index contributed by atoms with van der Waals surface area (Å²) >= 11 is 0. The molecule has 2 aliphatic carbocycles. The van der Waals surface area contributed by atoms with E-state index in [4.69, 9.17) is 4.74 Å². The molecule has 0 aromatic rings. The molecular formula is C29H48O4. The van der Waals surface area contributed by atoms with Crippen LogP contribution < -0.4 is 0 Å². The van der Waals surface area contributed by atoms with Gasteiger partial charge in [-0.1, -0.05) is 97.3 Å². The SMILES string of the molecule is CCCCCCCCCCCCCCC[C@H]1C(=O)O[C@@H]2[C@H]1CC[C@H](C)[C@]1(O)C=CC(=O)[C@@]21C. The van der Waals surface area contributed by atoms with E-state index in [-0.39, 0.29) is 29.5 Å². The molecular weight excluding hydrogens is 412 g/mol. The number of ether oxygens (including phenoxy) is 1. The largest absolute Gasteiger partial charge is 0.461 e. The highest BCUT2D eigenvalue weighted by molar-refractivity contribution is 6.00. The Morgan fingerprint density at radius 1 is 0.909 bits per heavy atom. The van der Waals surface area contributed by atoms with Gasteiger partial charge in [0.05, 0.1) is 11.3 Å². The van der Waals surface area contributed by atoms with E-state index >= 15 is 0 Å². The van der Waals surface area contributed by atoms with Crippen LogP contribution >= 0.6 is 0 Å². The van der Waals surface area contributed by atoms with Crippen molar-refractivity contribution in [1.82, 2.24) is 0 Å². The van der Waals surface area contributed by atoms with Gasteiger partial charge in [0.1, 0.15) is 11.7 Å². The Morgan fingerprint density at radius 2 is 1.45 bits per heavy atom. The molecule has 1 N–H and O–H groups in total. The van der Waals surface area contributed by atoms with Crippen LogP contribution in [0.25, 0.3) is 0 Å². The Morgan fingerprint density at radius 3 is 2.03 bits per heavy atom. The van der Waals surface area contributed by atoms with Crippen molar-refractivity contribution in [2.75, 3.05) is 0 Å². The number of hydrogen-bond acceptors (Lipinski definition) is 4. The van der Waals surface area contributed by atoms with Crippen LogP contribution in [0.5, 0.6) is 0 Å². The van der Waals surface area contributed by atoms with E-state index in [1.54, 1.807) is 6.08 Å². The average molecular weight is 461 g/mol. The zero-order valence-corrected chi connectivity index (χ0v) is 21.4. The predicted molar refractivity (Wildman–Crippen MR) is 133 cm³/mol. The molecule has 1 heterocycles. The van der Waals surface area contributed by atoms with Gasteiger partial charge in [0.15, 0.2) is 5.78 Å². The van der Waals surface area contributed by atoms with E-state index < -0.39 is 17.1 Å². The van der Waals surface area contributed by atoms with E-state index in [0.29, 0.717) is 0 Å². The molecule has 3 aliphatic rings. The molecule has 4 nitrogen and oxygen atoms in total. The first-order valence-electron chi connectivity index (χ1n) is 14.0. The minimum absolute atomic E-state index is 0.0218. The number of hydrogen-bond donors (Lipinski definition) is 1. The number of carbonyl (C=O) groups is 2. The van der Waals surface area contributed by atoms with Gasteiger partial charge in [-0.25, -0.2) is 0 Å². The Hall–Kier alpha value is -1.16. The summed E-state index contributed by atoms with van der Waals surface area (Å²) in [6.45, 7) is 6.10. The number of fused-ring (bicyclic) bond motifs is 3. The number of ketones is 1. The van der Waals surface area contributed by atoms with Crippen molar-refractivity contribution in [3.8, 4) is 0 Å². The lowest BCUT2D eigenvalue weighted by Gasteiger charge is -2.43.